The Morgan fingerprint density at radius 3 is 2.84 bits per heavy atom. The zero-order valence-electron chi connectivity index (χ0n) is 13.3. The second-order valence-electron chi connectivity index (χ2n) is 5.05. The molecule has 2 aromatic rings. The Morgan fingerprint density at radius 2 is 2.24 bits per heavy atom. The number of ketones is 1. The highest BCUT2D eigenvalue weighted by Crippen LogP contribution is 2.23. The number of H-pyrrole nitrogens is 1. The fraction of sp³-hybridized carbons (Fsp3) is 0.188. The Labute approximate surface area is 152 Å². The van der Waals surface area contributed by atoms with Crippen molar-refractivity contribution < 1.29 is 14.7 Å². The second-order valence-corrected chi connectivity index (χ2v) is 5.97. The fourth-order valence-electron chi connectivity index (χ4n) is 2.31. The minimum Gasteiger partial charge on any atom is -0.394 e. The van der Waals surface area contributed by atoms with Gasteiger partial charge in [0.2, 0.25) is 5.84 Å². The van der Waals surface area contributed by atoms with Gasteiger partial charge in [0.25, 0.3) is 0 Å². The van der Waals surface area contributed by atoms with Gasteiger partial charge in [-0.05, 0) is 24.6 Å². The Morgan fingerprint density at radius 1 is 1.48 bits per heavy atom. The van der Waals surface area contributed by atoms with Gasteiger partial charge >= 0.3 is 0 Å². The van der Waals surface area contributed by atoms with Crippen LogP contribution in [0.1, 0.15) is 37.7 Å². The summed E-state index contributed by atoms with van der Waals surface area (Å²) in [5.41, 5.74) is 11.3. The Hall–Kier alpha value is -2.65. The molecular weight excluding hydrogens is 390 g/mol. The number of aldehydes is 1. The number of aromatic nitrogens is 1. The number of nitrogens with zero attached hydrogens (tertiary/aromatic N) is 2. The maximum absolute atomic E-state index is 12.8. The van der Waals surface area contributed by atoms with Gasteiger partial charge in [-0.1, -0.05) is 28.1 Å². The van der Waals surface area contributed by atoms with Gasteiger partial charge in [0, 0.05) is 10.0 Å². The van der Waals surface area contributed by atoms with E-state index in [1.807, 2.05) is 0 Å². The molecule has 0 fully saturated rings. The largest absolute Gasteiger partial charge is 0.394 e. The number of carbonyl (C=O) groups excluding carboxylic acids is 2. The number of amidine groups is 1. The molecule has 0 aliphatic rings. The smallest absolute Gasteiger partial charge is 0.216 e. The van der Waals surface area contributed by atoms with Gasteiger partial charge in [0.1, 0.15) is 0 Å². The summed E-state index contributed by atoms with van der Waals surface area (Å²) in [5, 5.41) is 16.0. The van der Waals surface area contributed by atoms with Gasteiger partial charge in [0.05, 0.1) is 30.1 Å². The number of hydrogen-bond donors (Lipinski definition) is 4. The predicted octanol–water partition coefficient (Wildman–Crippen LogP) is 2.40. The summed E-state index contributed by atoms with van der Waals surface area (Å²) >= 11 is 3.31. The van der Waals surface area contributed by atoms with Crippen molar-refractivity contribution in [3.63, 3.8) is 0 Å². The number of aliphatic hydroxyl groups is 1. The second kappa shape index (κ2) is 8.45. The van der Waals surface area contributed by atoms with Gasteiger partial charge in [-0.25, -0.2) is 5.53 Å². The number of hydrogen-bond acceptors (Lipinski definition) is 6. The number of aromatic amines is 1. The van der Waals surface area contributed by atoms with E-state index in [1.165, 1.54) is 0 Å². The van der Waals surface area contributed by atoms with Crippen LogP contribution in [0.25, 0.3) is 0 Å². The topological polar surface area (TPSA) is 131 Å². The van der Waals surface area contributed by atoms with Crippen molar-refractivity contribution in [3.05, 3.63) is 56.8 Å². The molecule has 0 saturated heterocycles. The summed E-state index contributed by atoms with van der Waals surface area (Å²) in [6, 6.07) is 6.84. The average Bonchev–Trinajstić information content (AvgIpc) is 2.94. The molecule has 25 heavy (non-hydrogen) atoms. The summed E-state index contributed by atoms with van der Waals surface area (Å²) in [6.07, 6.45) is 0.546. The van der Waals surface area contributed by atoms with Crippen LogP contribution in [0.3, 0.4) is 0 Å². The minimum atomic E-state index is -0.323. The lowest BCUT2D eigenvalue weighted by molar-refractivity contribution is 0.102. The summed E-state index contributed by atoms with van der Waals surface area (Å²) < 4.78 is 0.746. The third-order valence-electron chi connectivity index (χ3n) is 3.45. The molecule has 4 N–H and O–H groups in total. The van der Waals surface area contributed by atoms with Crippen molar-refractivity contribution in [2.45, 2.75) is 6.92 Å². The predicted molar refractivity (Wildman–Crippen MR) is 95.3 cm³/mol. The van der Waals surface area contributed by atoms with E-state index in [-0.39, 0.29) is 36.0 Å². The first kappa shape index (κ1) is 18.7. The van der Waals surface area contributed by atoms with Crippen molar-refractivity contribution in [3.8, 4) is 0 Å². The molecule has 0 unspecified atom stereocenters. The molecular formula is C16H16BrN5O3. The van der Waals surface area contributed by atoms with Crippen molar-refractivity contribution in [1.82, 2.24) is 10.4 Å². The van der Waals surface area contributed by atoms with Gasteiger partial charge < -0.3 is 15.5 Å². The van der Waals surface area contributed by atoms with Crippen LogP contribution in [0.5, 0.6) is 0 Å². The number of benzene rings is 1. The molecule has 0 saturated carbocycles. The molecule has 0 radical (unpaired) electrons. The molecule has 1 heterocycles. The van der Waals surface area contributed by atoms with Crippen LogP contribution >= 0.6 is 15.9 Å². The summed E-state index contributed by atoms with van der Waals surface area (Å²) in [5.74, 6) is -0.349. The van der Waals surface area contributed by atoms with Crippen LogP contribution in [-0.4, -0.2) is 41.1 Å². The number of nitrogens with one attached hydrogen (secondary N) is 3. The fourth-order valence-corrected chi connectivity index (χ4v) is 2.71. The monoisotopic (exact) mass is 405 g/mol. The molecule has 9 heteroatoms. The van der Waals surface area contributed by atoms with Crippen LogP contribution in [-0.2, 0) is 0 Å². The van der Waals surface area contributed by atoms with Crippen LogP contribution in [0, 0.1) is 12.5 Å². The van der Waals surface area contributed by atoms with Crippen LogP contribution in [0.2, 0.25) is 0 Å². The van der Waals surface area contributed by atoms with Crippen LogP contribution < -0.4 is 5.43 Å². The summed E-state index contributed by atoms with van der Waals surface area (Å²) in [7, 11) is 0. The molecule has 0 atom stereocenters. The average molecular weight is 406 g/mol. The molecule has 0 aliphatic carbocycles. The first-order valence-corrected chi connectivity index (χ1v) is 8.10. The third kappa shape index (κ3) is 4.06. The zero-order valence-corrected chi connectivity index (χ0v) is 14.9. The third-order valence-corrected chi connectivity index (χ3v) is 3.94. The van der Waals surface area contributed by atoms with E-state index < -0.39 is 0 Å². The van der Waals surface area contributed by atoms with Gasteiger partial charge in [-0.15, -0.1) is 5.11 Å². The van der Waals surface area contributed by atoms with E-state index in [0.717, 1.165) is 4.47 Å². The Bertz CT molecular complexity index is 844. The first-order chi connectivity index (χ1) is 12.0. The highest BCUT2D eigenvalue weighted by molar-refractivity contribution is 9.10. The highest BCUT2D eigenvalue weighted by atomic mass is 79.9. The van der Waals surface area contributed by atoms with E-state index >= 15 is 0 Å². The molecule has 0 aliphatic heterocycles. The maximum Gasteiger partial charge on any atom is 0.216 e. The van der Waals surface area contributed by atoms with E-state index in [9.17, 15) is 9.59 Å². The van der Waals surface area contributed by atoms with Crippen molar-refractivity contribution in [2.75, 3.05) is 13.2 Å². The zero-order chi connectivity index (χ0) is 18.4. The summed E-state index contributed by atoms with van der Waals surface area (Å²) in [6.45, 7) is 1.70. The first-order valence-electron chi connectivity index (χ1n) is 7.30. The molecule has 1 aromatic carbocycles. The molecule has 0 spiro atoms. The van der Waals surface area contributed by atoms with Crippen LogP contribution in [0.4, 0.5) is 0 Å². The van der Waals surface area contributed by atoms with E-state index in [1.54, 1.807) is 31.2 Å². The van der Waals surface area contributed by atoms with E-state index in [2.05, 4.69) is 36.6 Å². The van der Waals surface area contributed by atoms with Crippen molar-refractivity contribution >= 4 is 33.8 Å². The van der Waals surface area contributed by atoms with Crippen molar-refractivity contribution in [2.24, 2.45) is 10.2 Å². The lowest BCUT2D eigenvalue weighted by Crippen LogP contribution is -2.15. The van der Waals surface area contributed by atoms with Gasteiger partial charge in [-0.3, -0.25) is 9.59 Å². The molecule has 130 valence electrons. The van der Waals surface area contributed by atoms with Crippen molar-refractivity contribution in [1.29, 1.82) is 5.53 Å². The van der Waals surface area contributed by atoms with Gasteiger partial charge in [0.15, 0.2) is 12.1 Å². The van der Waals surface area contributed by atoms with Gasteiger partial charge in [-0.2, -0.15) is 5.10 Å². The van der Waals surface area contributed by atoms with E-state index in [0.29, 0.717) is 23.1 Å². The van der Waals surface area contributed by atoms with Crippen LogP contribution in [0.15, 0.2) is 39.0 Å². The highest BCUT2D eigenvalue weighted by Gasteiger charge is 2.24. The molecule has 0 amide bonds. The lowest BCUT2D eigenvalue weighted by atomic mass is 9.99. The number of rotatable bonds is 7. The number of aliphatic hydroxyl groups excluding tert-OH is 1. The normalized spacial score (nSPS) is 11.2. The number of hydrazone groups is 1. The minimum absolute atomic E-state index is 0.0256. The Balaban J connectivity index is 2.51. The SMILES string of the molecule is Cc1c(/C(N=N)=N/NCCO)[nH]c(C=O)c1C(=O)c1cccc(Br)c1. The summed E-state index contributed by atoms with van der Waals surface area (Å²) in [4.78, 5) is 27.0. The molecule has 2 rings (SSSR count). The number of carbonyl (C=O) groups is 2. The molecule has 0 bridgehead atoms. The molecule has 8 nitrogen and oxygen atoms in total. The lowest BCUT2D eigenvalue weighted by Gasteiger charge is -2.03. The maximum atomic E-state index is 12.8. The quantitative estimate of drug-likeness (QED) is 0.107. The molecule has 1 aromatic heterocycles. The standard InChI is InChI=1S/C16H16BrN5O3/c1-9-13(15(25)10-3-2-4-11(17)7-10)12(8-24)20-14(9)16(21-18)22-19-5-6-23/h2-4,7-8,18-20,23H,5-6H2,1H3/b21-18?,22-16-. The Kier molecular flexibility index (Phi) is 6.31. The number of halogens is 1. The van der Waals surface area contributed by atoms with E-state index in [4.69, 9.17) is 10.6 Å².